The van der Waals surface area contributed by atoms with Gasteiger partial charge in [0.05, 0.1) is 11.5 Å². The number of aliphatic carboxylic acids is 1. The summed E-state index contributed by atoms with van der Waals surface area (Å²) in [5.74, 6) is -1.24. The van der Waals surface area contributed by atoms with Crippen molar-refractivity contribution < 1.29 is 29.1 Å². The number of benzene rings is 1. The number of carboxylic acids is 1. The van der Waals surface area contributed by atoms with Crippen molar-refractivity contribution in [2.24, 2.45) is 0 Å². The highest BCUT2D eigenvalue weighted by molar-refractivity contribution is 6.30. The molecule has 0 aromatic heterocycles. The van der Waals surface area contributed by atoms with Crippen LogP contribution in [-0.4, -0.2) is 51.3 Å². The van der Waals surface area contributed by atoms with E-state index in [2.05, 4.69) is 0 Å². The Bertz CT molecular complexity index is 732. The molecule has 1 aliphatic rings. The first-order valence-electron chi connectivity index (χ1n) is 7.81. The lowest BCUT2D eigenvalue weighted by molar-refractivity contribution is -0.386. The summed E-state index contributed by atoms with van der Waals surface area (Å²) in [6, 6.07) is 2.78. The van der Waals surface area contributed by atoms with Crippen molar-refractivity contribution in [2.75, 3.05) is 6.54 Å². The normalized spacial score (nSPS) is 19.9. The SMILES string of the molecule is CC(C)(C)OC(=O)N1C[C@H](Oc2ccc(Cl)cc2[N+](=O)[O-])C[C@H]1C(=O)O. The molecule has 26 heavy (non-hydrogen) atoms. The molecule has 0 radical (unpaired) electrons. The van der Waals surface area contributed by atoms with Crippen LogP contribution in [0.25, 0.3) is 0 Å². The molecule has 2 atom stereocenters. The Morgan fingerprint density at radius 3 is 2.58 bits per heavy atom. The lowest BCUT2D eigenvalue weighted by Gasteiger charge is -2.26. The van der Waals surface area contributed by atoms with Gasteiger partial charge in [0.25, 0.3) is 0 Å². The van der Waals surface area contributed by atoms with E-state index in [4.69, 9.17) is 21.1 Å². The van der Waals surface area contributed by atoms with Gasteiger partial charge in [0.1, 0.15) is 17.7 Å². The zero-order valence-corrected chi connectivity index (χ0v) is 15.2. The summed E-state index contributed by atoms with van der Waals surface area (Å²) in [5, 5.41) is 20.7. The molecule has 1 amide bonds. The van der Waals surface area contributed by atoms with E-state index in [0.717, 1.165) is 11.0 Å². The van der Waals surface area contributed by atoms with Crippen LogP contribution in [-0.2, 0) is 9.53 Å². The zero-order chi connectivity index (χ0) is 19.6. The topological polar surface area (TPSA) is 119 Å². The molecule has 142 valence electrons. The van der Waals surface area contributed by atoms with Crippen LogP contribution in [0.4, 0.5) is 10.5 Å². The summed E-state index contributed by atoms with van der Waals surface area (Å²) < 4.78 is 10.8. The maximum Gasteiger partial charge on any atom is 0.411 e. The van der Waals surface area contributed by atoms with Crippen LogP contribution < -0.4 is 4.74 Å². The monoisotopic (exact) mass is 386 g/mol. The fraction of sp³-hybridized carbons (Fsp3) is 0.500. The molecule has 1 saturated heterocycles. The minimum absolute atomic E-state index is 0.0195. The van der Waals surface area contributed by atoms with E-state index in [1.807, 2.05) is 0 Å². The van der Waals surface area contributed by atoms with Crippen molar-refractivity contribution >= 4 is 29.4 Å². The number of ether oxygens (including phenoxy) is 2. The molecule has 10 heteroatoms. The molecule has 0 saturated carbocycles. The van der Waals surface area contributed by atoms with Crippen LogP contribution in [0, 0.1) is 10.1 Å². The van der Waals surface area contributed by atoms with Crippen molar-refractivity contribution in [3.05, 3.63) is 33.3 Å². The Morgan fingerprint density at radius 2 is 2.04 bits per heavy atom. The number of hydrogen-bond donors (Lipinski definition) is 1. The van der Waals surface area contributed by atoms with Crippen molar-refractivity contribution in [1.82, 2.24) is 4.90 Å². The molecule has 1 N–H and O–H groups in total. The van der Waals surface area contributed by atoms with E-state index in [0.29, 0.717) is 0 Å². The van der Waals surface area contributed by atoms with Gasteiger partial charge >= 0.3 is 17.7 Å². The average Bonchev–Trinajstić information content (AvgIpc) is 2.91. The van der Waals surface area contributed by atoms with Gasteiger partial charge in [0.15, 0.2) is 5.75 Å². The summed E-state index contributed by atoms with van der Waals surface area (Å²) in [6.45, 7) is 4.94. The Kier molecular flexibility index (Phi) is 5.60. The Balaban J connectivity index is 2.19. The van der Waals surface area contributed by atoms with Crippen LogP contribution in [0.15, 0.2) is 18.2 Å². The fourth-order valence-corrected chi connectivity index (χ4v) is 2.72. The Hall–Kier alpha value is -2.55. The summed E-state index contributed by atoms with van der Waals surface area (Å²) in [5.41, 5.74) is -1.12. The number of nitro benzene ring substituents is 1. The molecule has 0 aliphatic carbocycles. The van der Waals surface area contributed by atoms with Gasteiger partial charge in [-0.15, -0.1) is 0 Å². The zero-order valence-electron chi connectivity index (χ0n) is 14.5. The van der Waals surface area contributed by atoms with Crippen LogP contribution in [0.2, 0.25) is 5.02 Å². The van der Waals surface area contributed by atoms with E-state index < -0.39 is 34.7 Å². The number of halogens is 1. The second-order valence-electron chi connectivity index (χ2n) is 6.83. The maximum atomic E-state index is 12.3. The van der Waals surface area contributed by atoms with Gasteiger partial charge in [0, 0.05) is 17.5 Å². The summed E-state index contributed by atoms with van der Waals surface area (Å²) in [7, 11) is 0. The highest BCUT2D eigenvalue weighted by atomic mass is 35.5. The molecule has 0 spiro atoms. The van der Waals surface area contributed by atoms with Gasteiger partial charge in [-0.1, -0.05) is 11.6 Å². The molecule has 1 aromatic carbocycles. The molecule has 1 aliphatic heterocycles. The Morgan fingerprint density at radius 1 is 1.38 bits per heavy atom. The number of amides is 1. The fourth-order valence-electron chi connectivity index (χ4n) is 2.55. The standard InChI is InChI=1S/C16H19ClN2O7/c1-16(2,3)26-15(22)18-8-10(7-12(18)14(20)21)25-13-5-4-9(17)6-11(13)19(23)24/h4-6,10,12H,7-8H2,1-3H3,(H,20,21)/t10-,12+/m1/s1. The van der Waals surface area contributed by atoms with Gasteiger partial charge in [-0.3, -0.25) is 15.0 Å². The summed E-state index contributed by atoms with van der Waals surface area (Å²) in [6.07, 6.45) is -1.53. The van der Waals surface area contributed by atoms with Gasteiger partial charge in [-0.2, -0.15) is 0 Å². The van der Waals surface area contributed by atoms with E-state index in [1.165, 1.54) is 12.1 Å². The van der Waals surface area contributed by atoms with Gasteiger partial charge in [0.2, 0.25) is 0 Å². The van der Waals surface area contributed by atoms with E-state index >= 15 is 0 Å². The minimum atomic E-state index is -1.20. The van der Waals surface area contributed by atoms with Crippen molar-refractivity contribution in [2.45, 2.75) is 44.9 Å². The molecule has 1 aromatic rings. The number of likely N-dealkylation sites (tertiary alicyclic amines) is 1. The molecule has 9 nitrogen and oxygen atoms in total. The maximum absolute atomic E-state index is 12.3. The Labute approximate surface area is 154 Å². The van der Waals surface area contributed by atoms with Crippen LogP contribution in [0.5, 0.6) is 5.75 Å². The number of nitro groups is 1. The smallest absolute Gasteiger partial charge is 0.411 e. The number of nitrogens with zero attached hydrogens (tertiary/aromatic N) is 2. The molecule has 0 bridgehead atoms. The number of carboxylic acid groups (broad SMARTS) is 1. The molecule has 1 heterocycles. The number of rotatable bonds is 4. The summed E-state index contributed by atoms with van der Waals surface area (Å²) >= 11 is 5.76. The first-order valence-corrected chi connectivity index (χ1v) is 8.19. The third-order valence-electron chi connectivity index (χ3n) is 3.59. The minimum Gasteiger partial charge on any atom is -0.482 e. The van der Waals surface area contributed by atoms with Crippen LogP contribution in [0.1, 0.15) is 27.2 Å². The van der Waals surface area contributed by atoms with Gasteiger partial charge in [-0.05, 0) is 32.9 Å². The van der Waals surface area contributed by atoms with Crippen LogP contribution in [0.3, 0.4) is 0 Å². The third kappa shape index (κ3) is 4.75. The van der Waals surface area contributed by atoms with E-state index in [-0.39, 0.29) is 29.4 Å². The molecular weight excluding hydrogens is 368 g/mol. The largest absolute Gasteiger partial charge is 0.482 e. The number of carbonyl (C=O) groups is 2. The lowest BCUT2D eigenvalue weighted by atomic mass is 10.2. The highest BCUT2D eigenvalue weighted by Crippen LogP contribution is 2.33. The molecule has 2 rings (SSSR count). The van der Waals surface area contributed by atoms with Crippen molar-refractivity contribution in [3.8, 4) is 5.75 Å². The third-order valence-corrected chi connectivity index (χ3v) is 3.82. The number of hydrogen-bond acceptors (Lipinski definition) is 6. The first kappa shape index (κ1) is 19.8. The van der Waals surface area contributed by atoms with E-state index in [9.17, 15) is 24.8 Å². The molecule has 0 unspecified atom stereocenters. The first-order chi connectivity index (χ1) is 12.0. The predicted octanol–water partition coefficient (Wildman–Crippen LogP) is 3.09. The van der Waals surface area contributed by atoms with Gasteiger partial charge < -0.3 is 14.6 Å². The lowest BCUT2D eigenvalue weighted by Crippen LogP contribution is -2.43. The van der Waals surface area contributed by atoms with Gasteiger partial charge in [-0.25, -0.2) is 9.59 Å². The quantitative estimate of drug-likeness (QED) is 0.623. The second-order valence-corrected chi connectivity index (χ2v) is 7.27. The van der Waals surface area contributed by atoms with E-state index in [1.54, 1.807) is 20.8 Å². The summed E-state index contributed by atoms with van der Waals surface area (Å²) in [4.78, 5) is 35.3. The second kappa shape index (κ2) is 7.36. The highest BCUT2D eigenvalue weighted by Gasteiger charge is 2.43. The van der Waals surface area contributed by atoms with Crippen molar-refractivity contribution in [3.63, 3.8) is 0 Å². The average molecular weight is 387 g/mol. The molecule has 1 fully saturated rings. The number of carbonyl (C=O) groups excluding carboxylic acids is 1. The van der Waals surface area contributed by atoms with Crippen molar-refractivity contribution in [1.29, 1.82) is 0 Å². The molecular formula is C16H19ClN2O7. The van der Waals surface area contributed by atoms with Crippen LogP contribution >= 0.6 is 11.6 Å². The predicted molar refractivity (Wildman–Crippen MR) is 91.5 cm³/mol.